The minimum absolute atomic E-state index is 0. The zero-order valence-electron chi connectivity index (χ0n) is 17.9. The van der Waals surface area contributed by atoms with Crippen LogP contribution in [0.15, 0.2) is 65.7 Å². The van der Waals surface area contributed by atoms with E-state index in [-0.39, 0.29) is 35.6 Å². The third-order valence-corrected chi connectivity index (χ3v) is 6.74. The molecular formula is C22H33IN4O2S. The highest BCUT2D eigenvalue weighted by molar-refractivity contribution is 14.0. The molecule has 0 aliphatic rings. The second kappa shape index (κ2) is 13.6. The highest BCUT2D eigenvalue weighted by Crippen LogP contribution is 2.23. The van der Waals surface area contributed by atoms with Crippen molar-refractivity contribution in [2.24, 2.45) is 4.99 Å². The molecule has 2 aromatic rings. The third-order valence-electron chi connectivity index (χ3n) is 4.88. The Morgan fingerprint density at radius 3 is 2.00 bits per heavy atom. The molecule has 0 aromatic heterocycles. The maximum absolute atomic E-state index is 11.8. The van der Waals surface area contributed by atoms with Crippen LogP contribution in [0, 0.1) is 0 Å². The van der Waals surface area contributed by atoms with E-state index in [1.54, 1.807) is 21.0 Å². The summed E-state index contributed by atoms with van der Waals surface area (Å²) in [5, 5.41) is 6.67. The van der Waals surface area contributed by atoms with Crippen LogP contribution in [0.25, 0.3) is 0 Å². The van der Waals surface area contributed by atoms with E-state index < -0.39 is 10.0 Å². The van der Waals surface area contributed by atoms with Crippen molar-refractivity contribution in [3.63, 3.8) is 0 Å². The summed E-state index contributed by atoms with van der Waals surface area (Å²) in [4.78, 5) is 4.29. The second-order valence-electron chi connectivity index (χ2n) is 6.83. The summed E-state index contributed by atoms with van der Waals surface area (Å²) in [5.74, 6) is 1.04. The number of hydrogen-bond acceptors (Lipinski definition) is 3. The highest BCUT2D eigenvalue weighted by Gasteiger charge is 2.15. The van der Waals surface area contributed by atoms with Crippen molar-refractivity contribution in [3.05, 3.63) is 71.8 Å². The fourth-order valence-electron chi connectivity index (χ4n) is 3.09. The van der Waals surface area contributed by atoms with Gasteiger partial charge in [0.15, 0.2) is 5.96 Å². The first kappa shape index (κ1) is 26.4. The van der Waals surface area contributed by atoms with E-state index >= 15 is 0 Å². The van der Waals surface area contributed by atoms with Crippen LogP contribution in [-0.4, -0.2) is 58.2 Å². The Hall–Kier alpha value is -1.65. The molecule has 0 fully saturated rings. The highest BCUT2D eigenvalue weighted by atomic mass is 127. The number of sulfonamides is 1. The van der Waals surface area contributed by atoms with Crippen molar-refractivity contribution in [1.82, 2.24) is 14.9 Å². The van der Waals surface area contributed by atoms with Gasteiger partial charge in [-0.15, -0.1) is 24.0 Å². The van der Waals surface area contributed by atoms with Gasteiger partial charge >= 0.3 is 0 Å². The summed E-state index contributed by atoms with van der Waals surface area (Å²) in [6.07, 6.45) is 0.706. The van der Waals surface area contributed by atoms with Gasteiger partial charge in [0.2, 0.25) is 10.0 Å². The number of benzene rings is 2. The van der Waals surface area contributed by atoms with Crippen molar-refractivity contribution in [2.45, 2.75) is 19.3 Å². The van der Waals surface area contributed by atoms with Gasteiger partial charge in [-0.2, -0.15) is 0 Å². The van der Waals surface area contributed by atoms with Crippen molar-refractivity contribution in [3.8, 4) is 0 Å². The lowest BCUT2D eigenvalue weighted by molar-refractivity contribution is 0.461. The maximum Gasteiger partial charge on any atom is 0.213 e. The first-order valence-electron chi connectivity index (χ1n) is 9.96. The number of nitrogens with one attached hydrogen (secondary N) is 2. The summed E-state index contributed by atoms with van der Waals surface area (Å²) in [7, 11) is 0.233. The summed E-state index contributed by atoms with van der Waals surface area (Å²) >= 11 is 0. The molecular weight excluding hydrogens is 511 g/mol. The van der Waals surface area contributed by atoms with E-state index in [0.29, 0.717) is 32.0 Å². The summed E-state index contributed by atoms with van der Waals surface area (Å²) in [6.45, 7) is 3.49. The van der Waals surface area contributed by atoms with Crippen LogP contribution in [0.4, 0.5) is 0 Å². The monoisotopic (exact) mass is 544 g/mol. The molecule has 0 heterocycles. The lowest BCUT2D eigenvalue weighted by atomic mass is 9.91. The largest absolute Gasteiger partial charge is 0.356 e. The van der Waals surface area contributed by atoms with Gasteiger partial charge in [0.05, 0.1) is 5.75 Å². The average Bonchev–Trinajstić information content (AvgIpc) is 2.76. The Morgan fingerprint density at radius 1 is 1.00 bits per heavy atom. The van der Waals surface area contributed by atoms with Crippen molar-refractivity contribution in [2.75, 3.05) is 39.5 Å². The summed E-state index contributed by atoms with van der Waals surface area (Å²) < 4.78 is 25.0. The van der Waals surface area contributed by atoms with Crippen molar-refractivity contribution < 1.29 is 8.42 Å². The first-order chi connectivity index (χ1) is 14.0. The Balaban J connectivity index is 0.00000450. The average molecular weight is 545 g/mol. The smallest absolute Gasteiger partial charge is 0.213 e. The maximum atomic E-state index is 11.8. The van der Waals surface area contributed by atoms with Crippen LogP contribution in [0.2, 0.25) is 0 Å². The van der Waals surface area contributed by atoms with E-state index in [1.165, 1.54) is 15.4 Å². The SMILES string of the molecule is CCS(=O)(=O)N(C)CCCNC(=NC)NCC(c1ccccc1)c1ccccc1.I. The van der Waals surface area contributed by atoms with Crippen molar-refractivity contribution in [1.29, 1.82) is 0 Å². The molecule has 0 spiro atoms. The Bertz CT molecular complexity index is 822. The van der Waals surface area contributed by atoms with Gasteiger partial charge in [-0.3, -0.25) is 4.99 Å². The fraction of sp³-hybridized carbons (Fsp3) is 0.409. The van der Waals surface area contributed by atoms with Gasteiger partial charge in [-0.05, 0) is 24.5 Å². The number of rotatable bonds is 10. The standard InChI is InChI=1S/C22H32N4O2S.HI/c1-4-29(27,28)26(3)17-11-16-24-22(23-2)25-18-21(19-12-7-5-8-13-19)20-14-9-6-10-15-20;/h5-10,12-15,21H,4,11,16-18H2,1-3H3,(H2,23,24,25);1H. The second-order valence-corrected chi connectivity index (χ2v) is 9.19. The molecule has 0 saturated carbocycles. The minimum atomic E-state index is -3.13. The van der Waals surface area contributed by atoms with E-state index in [2.05, 4.69) is 64.2 Å². The molecule has 0 radical (unpaired) electrons. The minimum Gasteiger partial charge on any atom is -0.356 e. The van der Waals surface area contributed by atoms with Gasteiger partial charge in [0.1, 0.15) is 0 Å². The first-order valence-corrected chi connectivity index (χ1v) is 11.6. The fourth-order valence-corrected chi connectivity index (χ4v) is 3.93. The van der Waals surface area contributed by atoms with E-state index in [1.807, 2.05) is 12.1 Å². The Morgan fingerprint density at radius 2 is 1.53 bits per heavy atom. The van der Waals surface area contributed by atoms with Gasteiger partial charge in [-0.25, -0.2) is 12.7 Å². The molecule has 0 atom stereocenters. The molecule has 166 valence electrons. The number of hydrogen-bond donors (Lipinski definition) is 2. The molecule has 2 aromatic carbocycles. The van der Waals surface area contributed by atoms with E-state index in [9.17, 15) is 8.42 Å². The Kier molecular flexibility index (Phi) is 12.0. The molecule has 0 saturated heterocycles. The number of halogens is 1. The van der Waals surface area contributed by atoms with Crippen LogP contribution in [0.5, 0.6) is 0 Å². The van der Waals surface area contributed by atoms with Gasteiger partial charge < -0.3 is 10.6 Å². The number of guanidine groups is 1. The quantitative estimate of drug-likeness (QED) is 0.209. The molecule has 0 amide bonds. The van der Waals surface area contributed by atoms with Gasteiger partial charge in [0.25, 0.3) is 0 Å². The van der Waals surface area contributed by atoms with Gasteiger partial charge in [0, 0.05) is 39.6 Å². The molecule has 0 aliphatic heterocycles. The zero-order valence-corrected chi connectivity index (χ0v) is 21.1. The lowest BCUT2D eigenvalue weighted by Crippen LogP contribution is -2.40. The van der Waals surface area contributed by atoms with Gasteiger partial charge in [-0.1, -0.05) is 60.7 Å². The third kappa shape index (κ3) is 8.23. The van der Waals surface area contributed by atoms with Crippen LogP contribution < -0.4 is 10.6 Å². The summed E-state index contributed by atoms with van der Waals surface area (Å²) in [6, 6.07) is 20.8. The molecule has 2 rings (SSSR count). The number of nitrogens with zero attached hydrogens (tertiary/aromatic N) is 2. The predicted molar refractivity (Wildman–Crippen MR) is 136 cm³/mol. The normalized spacial score (nSPS) is 12.0. The zero-order chi connectivity index (χ0) is 21.1. The van der Waals surface area contributed by atoms with E-state index in [0.717, 1.165) is 0 Å². The van der Waals surface area contributed by atoms with Crippen LogP contribution in [0.3, 0.4) is 0 Å². The van der Waals surface area contributed by atoms with Crippen LogP contribution in [0.1, 0.15) is 30.4 Å². The summed E-state index contributed by atoms with van der Waals surface area (Å²) in [5.41, 5.74) is 2.49. The molecule has 8 heteroatoms. The molecule has 0 bridgehead atoms. The van der Waals surface area contributed by atoms with Crippen molar-refractivity contribution >= 4 is 40.0 Å². The molecule has 2 N–H and O–H groups in total. The Labute approximate surface area is 198 Å². The van der Waals surface area contributed by atoms with E-state index in [4.69, 9.17) is 0 Å². The molecule has 0 unspecified atom stereocenters. The topological polar surface area (TPSA) is 73.8 Å². The lowest BCUT2D eigenvalue weighted by Gasteiger charge is -2.21. The predicted octanol–water partition coefficient (Wildman–Crippen LogP) is 3.27. The molecule has 30 heavy (non-hydrogen) atoms. The molecule has 6 nitrogen and oxygen atoms in total. The number of aliphatic imine (C=N–C) groups is 1. The molecule has 0 aliphatic carbocycles. The van der Waals surface area contributed by atoms with Crippen LogP contribution >= 0.6 is 24.0 Å². The van der Waals surface area contributed by atoms with Crippen LogP contribution in [-0.2, 0) is 10.0 Å².